The predicted octanol–water partition coefficient (Wildman–Crippen LogP) is 5.90. The van der Waals surface area contributed by atoms with Gasteiger partial charge in [-0.05, 0) is 48.9 Å². The van der Waals surface area contributed by atoms with Gasteiger partial charge in [0.1, 0.15) is 0 Å². The number of nitrogens with zero attached hydrogens (tertiary/aromatic N) is 1. The fourth-order valence-corrected chi connectivity index (χ4v) is 4.71. The lowest BCUT2D eigenvalue weighted by atomic mass is 10.1. The average molecular weight is 370 g/mol. The van der Waals surface area contributed by atoms with E-state index in [4.69, 9.17) is 0 Å². The third kappa shape index (κ3) is 2.64. The highest BCUT2D eigenvalue weighted by molar-refractivity contribution is 8.04. The lowest BCUT2D eigenvalue weighted by Gasteiger charge is -2.18. The quantitative estimate of drug-likeness (QED) is 0.446. The molecule has 4 heteroatoms. The average Bonchev–Trinajstić information content (AvgIpc) is 3.02. The lowest BCUT2D eigenvalue weighted by molar-refractivity contribution is -0.112. The molecule has 0 bridgehead atoms. The minimum absolute atomic E-state index is 0.0465. The van der Waals surface area contributed by atoms with Crippen molar-refractivity contribution in [3.05, 3.63) is 77.2 Å². The minimum Gasteiger partial charge on any atom is -0.341 e. The van der Waals surface area contributed by atoms with Gasteiger partial charge in [-0.25, -0.2) is 0 Å². The van der Waals surface area contributed by atoms with Crippen LogP contribution in [0.15, 0.2) is 76.5 Å². The second-order valence-electron chi connectivity index (χ2n) is 6.60. The zero-order valence-corrected chi connectivity index (χ0v) is 15.7. The van der Waals surface area contributed by atoms with E-state index in [0.29, 0.717) is 4.91 Å². The lowest BCUT2D eigenvalue weighted by Crippen LogP contribution is -2.17. The Morgan fingerprint density at radius 1 is 0.963 bits per heavy atom. The molecule has 0 spiro atoms. The second kappa shape index (κ2) is 6.32. The van der Waals surface area contributed by atoms with E-state index in [0.717, 1.165) is 22.7 Å². The molecule has 1 aliphatic heterocycles. The van der Waals surface area contributed by atoms with Crippen molar-refractivity contribution in [3.8, 4) is 0 Å². The van der Waals surface area contributed by atoms with Gasteiger partial charge >= 0.3 is 0 Å². The van der Waals surface area contributed by atoms with Crippen LogP contribution in [0.2, 0.25) is 0 Å². The molecule has 0 fully saturated rings. The minimum atomic E-state index is -0.0465. The summed E-state index contributed by atoms with van der Waals surface area (Å²) in [6.45, 7) is 3.10. The molecular formula is C23H18N2OS. The topological polar surface area (TPSA) is 34.0 Å². The summed E-state index contributed by atoms with van der Waals surface area (Å²) in [6, 6.07) is 22.8. The van der Waals surface area contributed by atoms with Crippen LogP contribution in [-0.2, 0) is 11.3 Å². The summed E-state index contributed by atoms with van der Waals surface area (Å²) in [4.78, 5) is 14.3. The van der Waals surface area contributed by atoms with Crippen LogP contribution in [0.5, 0.6) is 0 Å². The highest BCUT2D eigenvalue weighted by Gasteiger charge is 2.20. The molecular weight excluding hydrogens is 352 g/mol. The third-order valence-electron chi connectivity index (χ3n) is 4.99. The number of anilines is 1. The summed E-state index contributed by atoms with van der Waals surface area (Å²) in [5, 5.41) is 5.45. The molecule has 1 amide bonds. The zero-order chi connectivity index (χ0) is 18.4. The van der Waals surface area contributed by atoms with Crippen LogP contribution >= 0.6 is 11.8 Å². The van der Waals surface area contributed by atoms with Gasteiger partial charge in [-0.15, -0.1) is 0 Å². The Labute approximate surface area is 161 Å². The highest BCUT2D eigenvalue weighted by Crippen LogP contribution is 2.39. The van der Waals surface area contributed by atoms with Crippen molar-refractivity contribution in [3.63, 3.8) is 0 Å². The molecule has 2 heterocycles. The SMILES string of the molecule is CCn1c2ccccc2c2cc(/C=C3\Sc4ccccc4NC3=O)ccc21. The van der Waals surface area contributed by atoms with Gasteiger partial charge in [-0.1, -0.05) is 48.2 Å². The maximum Gasteiger partial charge on any atom is 0.262 e. The molecule has 0 aliphatic carbocycles. The van der Waals surface area contributed by atoms with E-state index in [2.05, 4.69) is 59.3 Å². The number of para-hydroxylation sites is 2. The standard InChI is InChI=1S/C23H18N2OS/c1-2-25-19-9-5-3-7-16(19)17-13-15(11-12-20(17)25)14-22-23(26)24-18-8-4-6-10-21(18)27-22/h3-14H,2H2,1H3,(H,24,26)/b22-14-. The molecule has 132 valence electrons. The Bertz CT molecular complexity index is 1240. The van der Waals surface area contributed by atoms with Crippen LogP contribution in [0.4, 0.5) is 5.69 Å². The van der Waals surface area contributed by atoms with E-state index < -0.39 is 0 Å². The van der Waals surface area contributed by atoms with Crippen molar-refractivity contribution in [2.75, 3.05) is 5.32 Å². The van der Waals surface area contributed by atoms with Crippen molar-refractivity contribution in [2.45, 2.75) is 18.4 Å². The smallest absolute Gasteiger partial charge is 0.262 e. The Hall–Kier alpha value is -2.98. The molecule has 3 aromatic carbocycles. The Morgan fingerprint density at radius 2 is 1.74 bits per heavy atom. The van der Waals surface area contributed by atoms with E-state index in [1.54, 1.807) is 0 Å². The first-order valence-corrected chi connectivity index (χ1v) is 9.87. The monoisotopic (exact) mass is 370 g/mol. The van der Waals surface area contributed by atoms with Crippen LogP contribution in [0, 0.1) is 0 Å². The fourth-order valence-electron chi connectivity index (χ4n) is 3.76. The molecule has 0 radical (unpaired) electrons. The number of carbonyl (C=O) groups excluding carboxylic acids is 1. The highest BCUT2D eigenvalue weighted by atomic mass is 32.2. The summed E-state index contributed by atoms with van der Waals surface area (Å²) >= 11 is 1.52. The normalized spacial score (nSPS) is 15.3. The molecule has 0 saturated heterocycles. The van der Waals surface area contributed by atoms with Gasteiger partial charge in [0.25, 0.3) is 5.91 Å². The molecule has 1 aromatic heterocycles. The molecule has 4 aromatic rings. The van der Waals surface area contributed by atoms with Crippen LogP contribution in [0.3, 0.4) is 0 Å². The second-order valence-corrected chi connectivity index (χ2v) is 7.68. The van der Waals surface area contributed by atoms with Gasteiger partial charge in [0.2, 0.25) is 0 Å². The number of rotatable bonds is 2. The van der Waals surface area contributed by atoms with Gasteiger partial charge in [0.05, 0.1) is 10.6 Å². The van der Waals surface area contributed by atoms with E-state index in [9.17, 15) is 4.79 Å². The molecule has 0 unspecified atom stereocenters. The van der Waals surface area contributed by atoms with Crippen molar-refractivity contribution in [1.82, 2.24) is 4.57 Å². The van der Waals surface area contributed by atoms with Crippen LogP contribution in [-0.4, -0.2) is 10.5 Å². The number of amides is 1. The third-order valence-corrected chi connectivity index (χ3v) is 6.09. The Morgan fingerprint density at radius 3 is 2.63 bits per heavy atom. The molecule has 0 atom stereocenters. The van der Waals surface area contributed by atoms with E-state index in [1.807, 2.05) is 30.3 Å². The largest absolute Gasteiger partial charge is 0.341 e. The summed E-state index contributed by atoms with van der Waals surface area (Å²) in [5.74, 6) is -0.0465. The van der Waals surface area contributed by atoms with Crippen molar-refractivity contribution in [2.24, 2.45) is 0 Å². The van der Waals surface area contributed by atoms with Gasteiger partial charge in [-0.3, -0.25) is 4.79 Å². The molecule has 1 N–H and O–H groups in total. The zero-order valence-electron chi connectivity index (χ0n) is 14.9. The first-order valence-electron chi connectivity index (χ1n) is 9.05. The predicted molar refractivity (Wildman–Crippen MR) is 114 cm³/mol. The number of aromatic nitrogens is 1. The number of carbonyl (C=O) groups is 1. The molecule has 1 aliphatic rings. The summed E-state index contributed by atoms with van der Waals surface area (Å²) in [7, 11) is 0. The van der Waals surface area contributed by atoms with E-state index in [-0.39, 0.29) is 5.91 Å². The maximum atomic E-state index is 12.5. The Kier molecular flexibility index (Phi) is 3.80. The number of aryl methyl sites for hydroxylation is 1. The van der Waals surface area contributed by atoms with Crippen molar-refractivity contribution >= 4 is 51.2 Å². The number of thioether (sulfide) groups is 1. The molecule has 3 nitrogen and oxygen atoms in total. The summed E-state index contributed by atoms with van der Waals surface area (Å²) in [6.07, 6.45) is 1.98. The number of hydrogen-bond donors (Lipinski definition) is 1. The van der Waals surface area contributed by atoms with Crippen LogP contribution < -0.4 is 5.32 Å². The van der Waals surface area contributed by atoms with Gasteiger partial charge in [0, 0.05) is 33.2 Å². The summed E-state index contributed by atoms with van der Waals surface area (Å²) < 4.78 is 2.33. The molecule has 0 saturated carbocycles. The molecule has 5 rings (SSSR count). The van der Waals surface area contributed by atoms with Gasteiger partial charge in [0.15, 0.2) is 0 Å². The first kappa shape index (κ1) is 16.2. The van der Waals surface area contributed by atoms with Crippen LogP contribution in [0.1, 0.15) is 12.5 Å². The van der Waals surface area contributed by atoms with Crippen molar-refractivity contribution < 1.29 is 4.79 Å². The first-order chi connectivity index (χ1) is 13.2. The number of hydrogen-bond acceptors (Lipinski definition) is 2. The maximum absolute atomic E-state index is 12.5. The number of nitrogens with one attached hydrogen (secondary N) is 1. The van der Waals surface area contributed by atoms with E-state index >= 15 is 0 Å². The Balaban J connectivity index is 1.63. The van der Waals surface area contributed by atoms with Crippen LogP contribution in [0.25, 0.3) is 27.9 Å². The van der Waals surface area contributed by atoms with Gasteiger partial charge < -0.3 is 9.88 Å². The van der Waals surface area contributed by atoms with E-state index in [1.165, 1.54) is 33.6 Å². The van der Waals surface area contributed by atoms with Crippen molar-refractivity contribution in [1.29, 1.82) is 0 Å². The summed E-state index contributed by atoms with van der Waals surface area (Å²) in [5.41, 5.74) is 4.40. The van der Waals surface area contributed by atoms with Gasteiger partial charge in [-0.2, -0.15) is 0 Å². The number of benzene rings is 3. The number of fused-ring (bicyclic) bond motifs is 4. The fraction of sp³-hybridized carbons (Fsp3) is 0.0870. The molecule has 27 heavy (non-hydrogen) atoms.